The molecule has 0 spiro atoms. The van der Waals surface area contributed by atoms with Gasteiger partial charge in [0.25, 0.3) is 0 Å². The zero-order chi connectivity index (χ0) is 13.1. The SMILES string of the molecule is COc1cc(C(C)=NNC(=O)C2CC2)ccc1O. The zero-order valence-electron chi connectivity index (χ0n) is 10.4. The van der Waals surface area contributed by atoms with Crippen molar-refractivity contribution in [2.75, 3.05) is 7.11 Å². The van der Waals surface area contributed by atoms with Crippen LogP contribution < -0.4 is 10.2 Å². The molecule has 1 fully saturated rings. The molecule has 2 rings (SSSR count). The summed E-state index contributed by atoms with van der Waals surface area (Å²) in [5.74, 6) is 0.572. The molecule has 1 amide bonds. The second-order valence-electron chi connectivity index (χ2n) is 4.33. The van der Waals surface area contributed by atoms with Crippen LogP contribution in [0.5, 0.6) is 11.5 Å². The fourth-order valence-corrected chi connectivity index (χ4v) is 1.54. The number of rotatable bonds is 4. The number of hydrogen-bond donors (Lipinski definition) is 2. The van der Waals surface area contributed by atoms with Crippen LogP contribution in [0, 0.1) is 5.92 Å². The third-order valence-electron chi connectivity index (χ3n) is 2.88. The fraction of sp³-hybridized carbons (Fsp3) is 0.385. The summed E-state index contributed by atoms with van der Waals surface area (Å²) < 4.78 is 5.02. The third kappa shape index (κ3) is 2.80. The molecule has 1 aliphatic rings. The van der Waals surface area contributed by atoms with Gasteiger partial charge in [0.15, 0.2) is 11.5 Å². The van der Waals surface area contributed by atoms with Gasteiger partial charge in [-0.05, 0) is 38.0 Å². The molecular formula is C13H16N2O3. The number of aromatic hydroxyl groups is 1. The number of amides is 1. The molecule has 0 heterocycles. The molecule has 18 heavy (non-hydrogen) atoms. The summed E-state index contributed by atoms with van der Waals surface area (Å²) in [4.78, 5) is 11.4. The van der Waals surface area contributed by atoms with Gasteiger partial charge in [0.2, 0.25) is 5.91 Å². The molecule has 2 N–H and O–H groups in total. The molecule has 1 aromatic carbocycles. The van der Waals surface area contributed by atoms with Gasteiger partial charge in [-0.1, -0.05) is 0 Å². The summed E-state index contributed by atoms with van der Waals surface area (Å²) in [5, 5.41) is 13.5. The molecule has 0 aliphatic heterocycles. The molecule has 1 aromatic rings. The van der Waals surface area contributed by atoms with Gasteiger partial charge in [0, 0.05) is 11.5 Å². The van der Waals surface area contributed by atoms with Crippen LogP contribution in [0.25, 0.3) is 0 Å². The van der Waals surface area contributed by atoms with Gasteiger partial charge in [0.1, 0.15) is 0 Å². The Balaban J connectivity index is 2.09. The van der Waals surface area contributed by atoms with Gasteiger partial charge in [0.05, 0.1) is 12.8 Å². The summed E-state index contributed by atoms with van der Waals surface area (Å²) in [5.41, 5.74) is 4.00. The van der Waals surface area contributed by atoms with Crippen molar-refractivity contribution < 1.29 is 14.6 Å². The van der Waals surface area contributed by atoms with E-state index in [1.165, 1.54) is 13.2 Å². The van der Waals surface area contributed by atoms with E-state index in [0.29, 0.717) is 11.5 Å². The molecule has 0 aromatic heterocycles. The summed E-state index contributed by atoms with van der Waals surface area (Å²) in [7, 11) is 1.49. The number of carbonyl (C=O) groups is 1. The van der Waals surface area contributed by atoms with E-state index < -0.39 is 0 Å². The Morgan fingerprint density at radius 3 is 2.83 bits per heavy atom. The van der Waals surface area contributed by atoms with Gasteiger partial charge in [-0.15, -0.1) is 0 Å². The highest BCUT2D eigenvalue weighted by atomic mass is 16.5. The predicted molar refractivity (Wildman–Crippen MR) is 67.7 cm³/mol. The Morgan fingerprint density at radius 2 is 2.22 bits per heavy atom. The molecule has 0 atom stereocenters. The molecule has 0 bridgehead atoms. The minimum absolute atomic E-state index is 0.0277. The van der Waals surface area contributed by atoms with Crippen molar-refractivity contribution in [3.8, 4) is 11.5 Å². The minimum Gasteiger partial charge on any atom is -0.504 e. The second kappa shape index (κ2) is 5.08. The summed E-state index contributed by atoms with van der Waals surface area (Å²) in [6.45, 7) is 1.79. The van der Waals surface area contributed by atoms with Crippen LogP contribution >= 0.6 is 0 Å². The number of hydrogen-bond acceptors (Lipinski definition) is 4. The van der Waals surface area contributed by atoms with Crippen molar-refractivity contribution in [2.24, 2.45) is 11.0 Å². The van der Waals surface area contributed by atoms with Crippen molar-refractivity contribution >= 4 is 11.6 Å². The van der Waals surface area contributed by atoms with Crippen LogP contribution in [0.2, 0.25) is 0 Å². The van der Waals surface area contributed by atoms with Crippen LogP contribution in [-0.2, 0) is 4.79 Å². The van der Waals surface area contributed by atoms with Crippen LogP contribution in [0.3, 0.4) is 0 Å². The molecule has 96 valence electrons. The lowest BCUT2D eigenvalue weighted by Gasteiger charge is -2.06. The number of phenolic OH excluding ortho intramolecular Hbond substituents is 1. The van der Waals surface area contributed by atoms with Gasteiger partial charge >= 0.3 is 0 Å². The first-order valence-electron chi connectivity index (χ1n) is 5.83. The first-order valence-corrected chi connectivity index (χ1v) is 5.83. The first kappa shape index (κ1) is 12.4. The molecule has 0 radical (unpaired) electrons. The maximum absolute atomic E-state index is 11.4. The minimum atomic E-state index is -0.0277. The molecule has 0 unspecified atom stereocenters. The Kier molecular flexibility index (Phi) is 3.50. The highest BCUT2D eigenvalue weighted by Gasteiger charge is 2.29. The molecule has 5 heteroatoms. The lowest BCUT2D eigenvalue weighted by Crippen LogP contribution is -2.20. The number of carbonyl (C=O) groups excluding carboxylic acids is 1. The lowest BCUT2D eigenvalue weighted by atomic mass is 10.1. The van der Waals surface area contributed by atoms with Gasteiger partial charge in [-0.2, -0.15) is 5.10 Å². The highest BCUT2D eigenvalue weighted by molar-refractivity contribution is 5.99. The quantitative estimate of drug-likeness (QED) is 0.628. The van der Waals surface area contributed by atoms with Crippen molar-refractivity contribution in [1.29, 1.82) is 0 Å². The Hall–Kier alpha value is -2.04. The summed E-state index contributed by atoms with van der Waals surface area (Å²) in [6.07, 6.45) is 1.90. The third-order valence-corrected chi connectivity index (χ3v) is 2.88. The van der Waals surface area contributed by atoms with Crippen molar-refractivity contribution in [3.05, 3.63) is 23.8 Å². The Morgan fingerprint density at radius 1 is 1.50 bits per heavy atom. The van der Waals surface area contributed by atoms with E-state index in [-0.39, 0.29) is 17.6 Å². The van der Waals surface area contributed by atoms with Crippen LogP contribution in [0.15, 0.2) is 23.3 Å². The van der Waals surface area contributed by atoms with E-state index in [4.69, 9.17) is 4.74 Å². The molecule has 1 saturated carbocycles. The average Bonchev–Trinajstić information content (AvgIpc) is 3.20. The maximum atomic E-state index is 11.4. The van der Waals surface area contributed by atoms with Crippen LogP contribution in [0.1, 0.15) is 25.3 Å². The summed E-state index contributed by atoms with van der Waals surface area (Å²) >= 11 is 0. The van der Waals surface area contributed by atoms with Crippen molar-refractivity contribution in [2.45, 2.75) is 19.8 Å². The van der Waals surface area contributed by atoms with Crippen molar-refractivity contribution in [3.63, 3.8) is 0 Å². The number of phenols is 1. The smallest absolute Gasteiger partial charge is 0.243 e. The second-order valence-corrected chi connectivity index (χ2v) is 4.33. The number of nitrogens with one attached hydrogen (secondary N) is 1. The lowest BCUT2D eigenvalue weighted by molar-refractivity contribution is -0.122. The van der Waals surface area contributed by atoms with Crippen LogP contribution in [-0.4, -0.2) is 23.8 Å². The number of nitrogens with zero attached hydrogens (tertiary/aromatic N) is 1. The fourth-order valence-electron chi connectivity index (χ4n) is 1.54. The normalized spacial score (nSPS) is 15.3. The molecule has 5 nitrogen and oxygen atoms in total. The van der Waals surface area contributed by atoms with E-state index in [0.717, 1.165) is 18.4 Å². The van der Waals surface area contributed by atoms with E-state index in [2.05, 4.69) is 10.5 Å². The van der Waals surface area contributed by atoms with Crippen LogP contribution in [0.4, 0.5) is 0 Å². The number of methoxy groups -OCH3 is 1. The standard InChI is InChI=1S/C13H16N2O3/c1-8(14-15-13(17)9-3-4-9)10-5-6-11(16)12(7-10)18-2/h5-7,9,16H,3-4H2,1-2H3,(H,15,17). The van der Waals surface area contributed by atoms with Gasteiger partial charge in [-0.25, -0.2) is 5.43 Å². The zero-order valence-corrected chi connectivity index (χ0v) is 10.4. The Labute approximate surface area is 105 Å². The molecular weight excluding hydrogens is 232 g/mol. The molecule has 1 aliphatic carbocycles. The van der Waals surface area contributed by atoms with Gasteiger partial charge in [-0.3, -0.25) is 4.79 Å². The highest BCUT2D eigenvalue weighted by Crippen LogP contribution is 2.29. The first-order chi connectivity index (χ1) is 8.61. The average molecular weight is 248 g/mol. The topological polar surface area (TPSA) is 70.9 Å². The van der Waals surface area contributed by atoms with Crippen molar-refractivity contribution in [1.82, 2.24) is 5.43 Å². The summed E-state index contributed by atoms with van der Waals surface area (Å²) in [6, 6.07) is 4.94. The van der Waals surface area contributed by atoms with E-state index >= 15 is 0 Å². The molecule has 0 saturated heterocycles. The largest absolute Gasteiger partial charge is 0.504 e. The number of benzene rings is 1. The van der Waals surface area contributed by atoms with E-state index in [9.17, 15) is 9.90 Å². The van der Waals surface area contributed by atoms with E-state index in [1.54, 1.807) is 19.1 Å². The van der Waals surface area contributed by atoms with Gasteiger partial charge < -0.3 is 9.84 Å². The van der Waals surface area contributed by atoms with E-state index in [1.807, 2.05) is 0 Å². The number of ether oxygens (including phenoxy) is 1. The Bertz CT molecular complexity index is 493. The predicted octanol–water partition coefficient (Wildman–Crippen LogP) is 1.65. The monoisotopic (exact) mass is 248 g/mol. The number of hydrazone groups is 1. The maximum Gasteiger partial charge on any atom is 0.243 e.